The summed E-state index contributed by atoms with van der Waals surface area (Å²) in [5.74, 6) is -1.36. The molecule has 0 aliphatic carbocycles. The molecule has 0 aromatic heterocycles. The maximum Gasteiger partial charge on any atom is 0.416 e. The third kappa shape index (κ3) is 3.19. The Morgan fingerprint density at radius 3 is 2.12 bits per heavy atom. The van der Waals surface area contributed by atoms with E-state index in [-0.39, 0.29) is 16.0 Å². The molecule has 17 heavy (non-hydrogen) atoms. The number of halogens is 5. The lowest BCUT2D eigenvalue weighted by Crippen LogP contribution is -2.12. The molecule has 0 bridgehead atoms. The molecule has 1 unspecified atom stereocenters. The zero-order chi connectivity index (χ0) is 13.4. The van der Waals surface area contributed by atoms with Gasteiger partial charge in [-0.1, -0.05) is 29.8 Å². The summed E-state index contributed by atoms with van der Waals surface area (Å²) in [6.07, 6.45) is -5.75. The molecule has 1 nitrogen and oxygen atoms in total. The van der Waals surface area contributed by atoms with Crippen molar-refractivity contribution < 1.29 is 22.7 Å². The third-order valence-electron chi connectivity index (χ3n) is 2.33. The third-order valence-corrected chi connectivity index (χ3v) is 2.99. The van der Waals surface area contributed by atoms with E-state index in [0.29, 0.717) is 6.07 Å². The molecule has 1 rings (SSSR count). The van der Waals surface area contributed by atoms with Gasteiger partial charge < -0.3 is 5.11 Å². The molecule has 0 spiro atoms. The summed E-state index contributed by atoms with van der Waals surface area (Å²) < 4.78 is 50.7. The minimum absolute atomic E-state index is 0.0778. The Bertz CT molecular complexity index is 391. The number of alkyl halides is 3. The van der Waals surface area contributed by atoms with Crippen LogP contribution in [0.4, 0.5) is 17.6 Å². The Morgan fingerprint density at radius 1 is 1.24 bits per heavy atom. The van der Waals surface area contributed by atoms with Crippen molar-refractivity contribution in [2.24, 2.45) is 5.92 Å². The predicted molar refractivity (Wildman–Crippen MR) is 58.9 cm³/mol. The van der Waals surface area contributed by atoms with Gasteiger partial charge >= 0.3 is 6.18 Å². The quantitative estimate of drug-likeness (QED) is 0.807. The fraction of sp³-hybridized carbons (Fsp3) is 0.455. The van der Waals surface area contributed by atoms with Gasteiger partial charge in [-0.3, -0.25) is 0 Å². The van der Waals surface area contributed by atoms with Gasteiger partial charge in [0.15, 0.2) is 0 Å². The van der Waals surface area contributed by atoms with Gasteiger partial charge in [-0.15, -0.1) is 0 Å². The molecule has 0 heterocycles. The number of hydrogen-bond acceptors (Lipinski definition) is 1. The van der Waals surface area contributed by atoms with Crippen LogP contribution in [0, 0.1) is 11.7 Å². The van der Waals surface area contributed by atoms with Crippen LogP contribution in [0.5, 0.6) is 0 Å². The average molecular weight is 315 g/mol. The van der Waals surface area contributed by atoms with Gasteiger partial charge in [-0.25, -0.2) is 4.39 Å². The summed E-state index contributed by atoms with van der Waals surface area (Å²) in [5.41, 5.74) is -1.23. The molecule has 0 amide bonds. The van der Waals surface area contributed by atoms with Gasteiger partial charge in [-0.05, 0) is 18.1 Å². The first-order valence-corrected chi connectivity index (χ1v) is 5.68. The van der Waals surface area contributed by atoms with Crippen molar-refractivity contribution in [3.05, 3.63) is 33.5 Å². The van der Waals surface area contributed by atoms with Crippen molar-refractivity contribution in [2.45, 2.75) is 26.1 Å². The normalized spacial score (nSPS) is 14.2. The van der Waals surface area contributed by atoms with Gasteiger partial charge in [0.1, 0.15) is 5.82 Å². The monoisotopic (exact) mass is 314 g/mol. The molecule has 0 fully saturated rings. The van der Waals surface area contributed by atoms with Crippen LogP contribution >= 0.6 is 15.9 Å². The van der Waals surface area contributed by atoms with Gasteiger partial charge in [0.05, 0.1) is 11.7 Å². The van der Waals surface area contributed by atoms with Crippen LogP contribution in [-0.4, -0.2) is 5.11 Å². The number of aliphatic hydroxyl groups is 1. The van der Waals surface area contributed by atoms with Crippen LogP contribution in [0.25, 0.3) is 0 Å². The van der Waals surface area contributed by atoms with Crippen molar-refractivity contribution in [3.8, 4) is 0 Å². The molecule has 0 saturated heterocycles. The van der Waals surface area contributed by atoms with E-state index in [1.165, 1.54) is 0 Å². The second-order valence-electron chi connectivity index (χ2n) is 4.04. The van der Waals surface area contributed by atoms with Crippen molar-refractivity contribution in [1.82, 2.24) is 0 Å². The molecule has 6 heteroatoms. The van der Waals surface area contributed by atoms with Crippen LogP contribution in [0.3, 0.4) is 0 Å². The SMILES string of the molecule is CC(C)C(O)c1c(F)cc(C(F)(F)F)cc1Br. The van der Waals surface area contributed by atoms with E-state index in [1.807, 2.05) is 0 Å². The van der Waals surface area contributed by atoms with E-state index in [9.17, 15) is 22.7 Å². The summed E-state index contributed by atoms with van der Waals surface area (Å²) in [5, 5.41) is 9.70. The van der Waals surface area contributed by atoms with Crippen molar-refractivity contribution in [1.29, 1.82) is 0 Å². The van der Waals surface area contributed by atoms with Crippen molar-refractivity contribution in [2.75, 3.05) is 0 Å². The second kappa shape index (κ2) is 4.94. The highest BCUT2D eigenvalue weighted by Gasteiger charge is 2.33. The predicted octanol–water partition coefficient (Wildman–Crippen LogP) is 4.30. The van der Waals surface area contributed by atoms with Gasteiger partial charge in [0.2, 0.25) is 0 Å². The van der Waals surface area contributed by atoms with Crippen molar-refractivity contribution in [3.63, 3.8) is 0 Å². The molecule has 1 aromatic rings. The van der Waals surface area contributed by atoms with Gasteiger partial charge in [0, 0.05) is 10.0 Å². The van der Waals surface area contributed by atoms with E-state index in [2.05, 4.69) is 15.9 Å². The first-order chi connectivity index (χ1) is 7.64. The Balaban J connectivity index is 3.29. The summed E-state index contributed by atoms with van der Waals surface area (Å²) >= 11 is 2.86. The highest BCUT2D eigenvalue weighted by Crippen LogP contribution is 2.37. The molecule has 1 aromatic carbocycles. The van der Waals surface area contributed by atoms with E-state index in [1.54, 1.807) is 13.8 Å². The molecule has 0 radical (unpaired) electrons. The van der Waals surface area contributed by atoms with E-state index < -0.39 is 23.7 Å². The summed E-state index contributed by atoms with van der Waals surface area (Å²) in [6.45, 7) is 3.29. The largest absolute Gasteiger partial charge is 0.416 e. The van der Waals surface area contributed by atoms with E-state index >= 15 is 0 Å². The zero-order valence-electron chi connectivity index (χ0n) is 9.15. The zero-order valence-corrected chi connectivity index (χ0v) is 10.7. The first kappa shape index (κ1) is 14.4. The van der Waals surface area contributed by atoms with Gasteiger partial charge in [0.25, 0.3) is 0 Å². The van der Waals surface area contributed by atoms with Crippen LogP contribution in [0.1, 0.15) is 31.1 Å². The summed E-state index contributed by atoms with van der Waals surface area (Å²) in [7, 11) is 0. The summed E-state index contributed by atoms with van der Waals surface area (Å²) in [4.78, 5) is 0. The molecule has 1 atom stereocenters. The molecular formula is C11H11BrF4O. The molecule has 0 aliphatic rings. The van der Waals surface area contributed by atoms with Crippen LogP contribution in [-0.2, 0) is 6.18 Å². The van der Waals surface area contributed by atoms with Crippen molar-refractivity contribution >= 4 is 15.9 Å². The smallest absolute Gasteiger partial charge is 0.388 e. The Morgan fingerprint density at radius 2 is 1.76 bits per heavy atom. The number of rotatable bonds is 2. The lowest BCUT2D eigenvalue weighted by atomic mass is 9.97. The lowest BCUT2D eigenvalue weighted by molar-refractivity contribution is -0.137. The molecule has 96 valence electrons. The van der Waals surface area contributed by atoms with Gasteiger partial charge in [-0.2, -0.15) is 13.2 Å². The average Bonchev–Trinajstić information content (AvgIpc) is 2.14. The first-order valence-electron chi connectivity index (χ1n) is 4.88. The molecular weight excluding hydrogens is 304 g/mol. The lowest BCUT2D eigenvalue weighted by Gasteiger charge is -2.18. The standard InChI is InChI=1S/C11H11BrF4O/c1-5(2)10(17)9-7(12)3-6(4-8(9)13)11(14,15)16/h3-5,10,17H,1-2H3. The molecule has 0 saturated carbocycles. The van der Waals surface area contributed by atoms with Crippen LogP contribution in [0.15, 0.2) is 16.6 Å². The number of benzene rings is 1. The minimum Gasteiger partial charge on any atom is -0.388 e. The van der Waals surface area contributed by atoms with Crippen LogP contribution in [0.2, 0.25) is 0 Å². The Hall–Kier alpha value is -0.620. The maximum atomic E-state index is 13.6. The summed E-state index contributed by atoms with van der Waals surface area (Å²) in [6, 6.07) is 1.16. The number of aliphatic hydroxyl groups excluding tert-OH is 1. The Labute approximate surface area is 105 Å². The topological polar surface area (TPSA) is 20.2 Å². The Kier molecular flexibility index (Phi) is 4.19. The highest BCUT2D eigenvalue weighted by atomic mass is 79.9. The fourth-order valence-corrected chi connectivity index (χ4v) is 2.03. The highest BCUT2D eigenvalue weighted by molar-refractivity contribution is 9.10. The number of hydrogen-bond donors (Lipinski definition) is 1. The second-order valence-corrected chi connectivity index (χ2v) is 4.89. The van der Waals surface area contributed by atoms with E-state index in [4.69, 9.17) is 0 Å². The molecule has 0 aliphatic heterocycles. The minimum atomic E-state index is -4.61. The van der Waals surface area contributed by atoms with Crippen LogP contribution < -0.4 is 0 Å². The maximum absolute atomic E-state index is 13.6. The fourth-order valence-electron chi connectivity index (χ4n) is 1.36. The molecule has 1 N–H and O–H groups in total. The van der Waals surface area contributed by atoms with E-state index in [0.717, 1.165) is 6.07 Å².